The van der Waals surface area contributed by atoms with E-state index in [0.29, 0.717) is 5.92 Å². The van der Waals surface area contributed by atoms with Crippen LogP contribution in [-0.2, 0) is 11.2 Å². The molecule has 3 heteroatoms. The highest BCUT2D eigenvalue weighted by atomic mass is 79.9. The first-order valence-electron chi connectivity index (χ1n) is 7.57. The fourth-order valence-corrected chi connectivity index (χ4v) is 3.77. The minimum Gasteiger partial charge on any atom is -0.481 e. The number of carbonyl (C=O) groups is 1. The van der Waals surface area contributed by atoms with E-state index >= 15 is 0 Å². The average molecular weight is 339 g/mol. The molecule has 0 aromatic heterocycles. The molecule has 110 valence electrons. The van der Waals surface area contributed by atoms with Gasteiger partial charge in [-0.2, -0.15) is 0 Å². The molecule has 0 aliphatic heterocycles. The van der Waals surface area contributed by atoms with Gasteiger partial charge < -0.3 is 5.11 Å². The Morgan fingerprint density at radius 1 is 1.30 bits per heavy atom. The van der Waals surface area contributed by atoms with Crippen LogP contribution in [0, 0.1) is 17.8 Å². The molecule has 2 nitrogen and oxygen atoms in total. The Kier molecular flexibility index (Phi) is 5.64. The normalized spacial score (nSPS) is 26.4. The molecule has 3 unspecified atom stereocenters. The van der Waals surface area contributed by atoms with Gasteiger partial charge in [-0.25, -0.2) is 0 Å². The van der Waals surface area contributed by atoms with Crippen molar-refractivity contribution < 1.29 is 9.90 Å². The van der Waals surface area contributed by atoms with Crippen molar-refractivity contribution >= 4 is 21.9 Å². The molecule has 1 aromatic carbocycles. The van der Waals surface area contributed by atoms with Crippen molar-refractivity contribution in [2.75, 3.05) is 0 Å². The molecule has 0 spiro atoms. The molecule has 1 N–H and O–H groups in total. The summed E-state index contributed by atoms with van der Waals surface area (Å²) < 4.78 is 1.07. The maximum Gasteiger partial charge on any atom is 0.306 e. The number of aliphatic carboxylic acids is 1. The molecule has 1 aromatic rings. The minimum atomic E-state index is -0.609. The Morgan fingerprint density at radius 3 is 2.60 bits per heavy atom. The van der Waals surface area contributed by atoms with E-state index in [1.54, 1.807) is 0 Å². The minimum absolute atomic E-state index is 0.160. The molecule has 0 saturated heterocycles. The first-order chi connectivity index (χ1) is 9.60. The highest BCUT2D eigenvalue weighted by Gasteiger charge is 2.34. The van der Waals surface area contributed by atoms with E-state index < -0.39 is 5.97 Å². The molecule has 0 bridgehead atoms. The summed E-state index contributed by atoms with van der Waals surface area (Å²) in [7, 11) is 0. The molecule has 0 heterocycles. The SMILES string of the molecule is CCCC1CCC(C(=O)O)C(Cc2ccc(Br)cc2)C1. The second-order valence-electron chi connectivity index (χ2n) is 6.00. The Bertz CT molecular complexity index is 441. The van der Waals surface area contributed by atoms with Crippen molar-refractivity contribution in [1.29, 1.82) is 0 Å². The number of benzene rings is 1. The zero-order valence-electron chi connectivity index (χ0n) is 12.0. The smallest absolute Gasteiger partial charge is 0.306 e. The summed E-state index contributed by atoms with van der Waals surface area (Å²) in [5, 5.41) is 9.44. The van der Waals surface area contributed by atoms with E-state index in [9.17, 15) is 9.90 Å². The lowest BCUT2D eigenvalue weighted by Crippen LogP contribution is -2.32. The zero-order valence-corrected chi connectivity index (χ0v) is 13.6. The molecule has 0 amide bonds. The van der Waals surface area contributed by atoms with Crippen molar-refractivity contribution in [2.45, 2.75) is 45.4 Å². The van der Waals surface area contributed by atoms with Crippen LogP contribution in [0.3, 0.4) is 0 Å². The van der Waals surface area contributed by atoms with Crippen LogP contribution in [0.15, 0.2) is 28.7 Å². The Hall–Kier alpha value is -0.830. The van der Waals surface area contributed by atoms with Gasteiger partial charge in [-0.05, 0) is 55.2 Å². The molecule has 1 aliphatic rings. The number of carboxylic acids is 1. The molecule has 0 radical (unpaired) electrons. The van der Waals surface area contributed by atoms with Crippen molar-refractivity contribution in [3.05, 3.63) is 34.3 Å². The van der Waals surface area contributed by atoms with Crippen LogP contribution < -0.4 is 0 Å². The fourth-order valence-electron chi connectivity index (χ4n) is 3.51. The van der Waals surface area contributed by atoms with Gasteiger partial charge in [-0.3, -0.25) is 4.79 Å². The van der Waals surface area contributed by atoms with Crippen LogP contribution in [0.4, 0.5) is 0 Å². The highest BCUT2D eigenvalue weighted by molar-refractivity contribution is 9.10. The number of hydrogen-bond donors (Lipinski definition) is 1. The van der Waals surface area contributed by atoms with Gasteiger partial charge in [0.2, 0.25) is 0 Å². The molecule has 1 aliphatic carbocycles. The van der Waals surface area contributed by atoms with Crippen molar-refractivity contribution in [2.24, 2.45) is 17.8 Å². The summed E-state index contributed by atoms with van der Waals surface area (Å²) in [4.78, 5) is 11.5. The summed E-state index contributed by atoms with van der Waals surface area (Å²) in [5.41, 5.74) is 1.25. The van der Waals surface area contributed by atoms with E-state index in [4.69, 9.17) is 0 Å². The summed E-state index contributed by atoms with van der Waals surface area (Å²) in [6.45, 7) is 2.22. The van der Waals surface area contributed by atoms with E-state index in [1.807, 2.05) is 12.1 Å². The van der Waals surface area contributed by atoms with Crippen LogP contribution in [0.2, 0.25) is 0 Å². The van der Waals surface area contributed by atoms with Crippen molar-refractivity contribution in [1.82, 2.24) is 0 Å². The van der Waals surface area contributed by atoms with Gasteiger partial charge in [0.05, 0.1) is 5.92 Å². The van der Waals surface area contributed by atoms with E-state index in [2.05, 4.69) is 35.0 Å². The van der Waals surface area contributed by atoms with Gasteiger partial charge in [0, 0.05) is 4.47 Å². The third-order valence-electron chi connectivity index (χ3n) is 4.52. The molecule has 2 rings (SSSR count). The third-order valence-corrected chi connectivity index (χ3v) is 5.04. The predicted octanol–water partition coefficient (Wildman–Crippen LogP) is 4.91. The van der Waals surface area contributed by atoms with E-state index in [1.165, 1.54) is 18.4 Å². The first-order valence-corrected chi connectivity index (χ1v) is 8.36. The van der Waals surface area contributed by atoms with Gasteiger partial charge in [0.15, 0.2) is 0 Å². The largest absolute Gasteiger partial charge is 0.481 e. The number of halogens is 1. The lowest BCUT2D eigenvalue weighted by atomic mass is 9.70. The molecule has 3 atom stereocenters. The Morgan fingerprint density at radius 2 is 2.00 bits per heavy atom. The average Bonchev–Trinajstić information content (AvgIpc) is 2.42. The summed E-state index contributed by atoms with van der Waals surface area (Å²) in [6, 6.07) is 8.29. The van der Waals surface area contributed by atoms with Gasteiger partial charge in [0.25, 0.3) is 0 Å². The number of carboxylic acid groups (broad SMARTS) is 1. The van der Waals surface area contributed by atoms with E-state index in [0.717, 1.165) is 36.1 Å². The van der Waals surface area contributed by atoms with Crippen LogP contribution in [0.25, 0.3) is 0 Å². The van der Waals surface area contributed by atoms with Crippen LogP contribution in [0.1, 0.15) is 44.6 Å². The second kappa shape index (κ2) is 7.26. The third kappa shape index (κ3) is 4.08. The first kappa shape index (κ1) is 15.6. The van der Waals surface area contributed by atoms with E-state index in [-0.39, 0.29) is 5.92 Å². The lowest BCUT2D eigenvalue weighted by molar-refractivity contribution is -0.145. The van der Waals surface area contributed by atoms with Crippen molar-refractivity contribution in [3.63, 3.8) is 0 Å². The fraction of sp³-hybridized carbons (Fsp3) is 0.588. The molecular weight excluding hydrogens is 316 g/mol. The monoisotopic (exact) mass is 338 g/mol. The number of hydrogen-bond acceptors (Lipinski definition) is 1. The second-order valence-corrected chi connectivity index (χ2v) is 6.92. The van der Waals surface area contributed by atoms with Crippen molar-refractivity contribution in [3.8, 4) is 0 Å². The quantitative estimate of drug-likeness (QED) is 0.828. The molecular formula is C17H23BrO2. The maximum absolute atomic E-state index is 11.5. The molecule has 1 fully saturated rings. The molecule has 1 saturated carbocycles. The molecule has 20 heavy (non-hydrogen) atoms. The Labute approximate surface area is 129 Å². The van der Waals surface area contributed by atoms with Crippen LogP contribution in [-0.4, -0.2) is 11.1 Å². The van der Waals surface area contributed by atoms with Gasteiger partial charge in [0.1, 0.15) is 0 Å². The lowest BCUT2D eigenvalue weighted by Gasteiger charge is -2.34. The summed E-state index contributed by atoms with van der Waals surface area (Å²) in [6.07, 6.45) is 6.34. The summed E-state index contributed by atoms with van der Waals surface area (Å²) >= 11 is 3.44. The highest BCUT2D eigenvalue weighted by Crippen LogP contribution is 2.38. The van der Waals surface area contributed by atoms with Crippen LogP contribution >= 0.6 is 15.9 Å². The summed E-state index contributed by atoms with van der Waals surface area (Å²) in [5.74, 6) is 0.240. The van der Waals surface area contributed by atoms with Crippen LogP contribution in [0.5, 0.6) is 0 Å². The Balaban J connectivity index is 2.06. The predicted molar refractivity (Wildman–Crippen MR) is 84.7 cm³/mol. The van der Waals surface area contributed by atoms with Gasteiger partial charge in [-0.1, -0.05) is 47.8 Å². The maximum atomic E-state index is 11.5. The zero-order chi connectivity index (χ0) is 14.5. The van der Waals surface area contributed by atoms with Gasteiger partial charge >= 0.3 is 5.97 Å². The topological polar surface area (TPSA) is 37.3 Å². The van der Waals surface area contributed by atoms with Gasteiger partial charge in [-0.15, -0.1) is 0 Å². The number of rotatable bonds is 5. The standard InChI is InChI=1S/C17H23BrO2/c1-2-3-12-6-9-16(17(19)20)14(10-12)11-13-4-7-15(18)8-5-13/h4-5,7-8,12,14,16H,2-3,6,9-11H2,1H3,(H,19,20).